The van der Waals surface area contributed by atoms with Crippen molar-refractivity contribution in [2.24, 2.45) is 5.92 Å². The third-order valence-electron chi connectivity index (χ3n) is 8.12. The van der Waals surface area contributed by atoms with Crippen LogP contribution in [0.4, 0.5) is 14.9 Å². The fourth-order valence-corrected chi connectivity index (χ4v) is 6.00. The normalized spacial score (nSPS) is 23.2. The van der Waals surface area contributed by atoms with Gasteiger partial charge in [0, 0.05) is 63.4 Å². The van der Waals surface area contributed by atoms with Crippen LogP contribution in [0, 0.1) is 11.7 Å². The molecule has 10 nitrogen and oxygen atoms in total. The Hall–Kier alpha value is -3.21. The summed E-state index contributed by atoms with van der Waals surface area (Å²) in [5.41, 5.74) is 0.602. The highest BCUT2D eigenvalue weighted by Gasteiger charge is 2.41. The van der Waals surface area contributed by atoms with Crippen LogP contribution in [0.15, 0.2) is 12.1 Å². The molecule has 4 heterocycles. The smallest absolute Gasteiger partial charge is 0.410 e. The zero-order valence-corrected chi connectivity index (χ0v) is 23.0. The molecule has 3 saturated heterocycles. The number of piperazine rings is 1. The summed E-state index contributed by atoms with van der Waals surface area (Å²) >= 11 is 0. The van der Waals surface area contributed by atoms with Crippen LogP contribution in [0.3, 0.4) is 0 Å². The number of likely N-dealkylation sites (tertiary alicyclic amines) is 1. The number of rotatable bonds is 4. The van der Waals surface area contributed by atoms with Gasteiger partial charge in [0.05, 0.1) is 12.2 Å². The number of hydrogen-bond donors (Lipinski definition) is 1. The lowest BCUT2D eigenvalue weighted by Gasteiger charge is -2.40. The summed E-state index contributed by atoms with van der Waals surface area (Å²) in [6.45, 7) is 11.0. The third-order valence-corrected chi connectivity index (χ3v) is 8.12. The van der Waals surface area contributed by atoms with Gasteiger partial charge in [-0.15, -0.1) is 0 Å². The average molecular weight is 544 g/mol. The third kappa shape index (κ3) is 5.88. The summed E-state index contributed by atoms with van der Waals surface area (Å²) in [5, 5.41) is 2.28. The van der Waals surface area contributed by atoms with E-state index in [0.717, 1.165) is 32.5 Å². The van der Waals surface area contributed by atoms with Gasteiger partial charge in [0.2, 0.25) is 11.8 Å². The maximum absolute atomic E-state index is 15.7. The molecule has 212 valence electrons. The number of amides is 4. The van der Waals surface area contributed by atoms with Crippen LogP contribution in [0.5, 0.6) is 0 Å². The van der Waals surface area contributed by atoms with Gasteiger partial charge in [0.1, 0.15) is 11.6 Å². The Morgan fingerprint density at radius 2 is 1.72 bits per heavy atom. The molecule has 0 aliphatic carbocycles. The first kappa shape index (κ1) is 27.4. The van der Waals surface area contributed by atoms with E-state index < -0.39 is 23.4 Å². The minimum atomic E-state index is -0.759. The number of hydrogen-bond acceptors (Lipinski definition) is 7. The molecule has 0 saturated carbocycles. The second-order valence-electron chi connectivity index (χ2n) is 12.0. The summed E-state index contributed by atoms with van der Waals surface area (Å²) in [4.78, 5) is 56.7. The van der Waals surface area contributed by atoms with E-state index in [1.807, 2.05) is 25.7 Å². The van der Waals surface area contributed by atoms with E-state index in [-0.39, 0.29) is 42.9 Å². The molecule has 0 bridgehead atoms. The molecule has 1 aromatic rings. The lowest BCUT2D eigenvalue weighted by atomic mass is 9.96. The van der Waals surface area contributed by atoms with Crippen molar-refractivity contribution in [1.29, 1.82) is 0 Å². The molecule has 11 heteroatoms. The van der Waals surface area contributed by atoms with Gasteiger partial charge in [-0.3, -0.25) is 24.6 Å². The number of nitrogens with zero attached hydrogens (tertiary/aromatic N) is 4. The maximum atomic E-state index is 15.7. The molecule has 0 spiro atoms. The molecule has 0 aromatic heterocycles. The molecule has 1 N–H and O–H groups in total. The Kier molecular flexibility index (Phi) is 7.54. The standard InChI is InChI=1S/C28H38FN5O5/c1-28(2,3)39-27(38)33-10-8-18(9-11-33)16-31-12-14-32(15-13-31)21-5-4-19-20(24(21)29)17-34(26(19)37)22-6-7-23(35)30-25(22)36/h4-5,18,22H,6-17H2,1-3H3,(H,30,35,36). The zero-order valence-electron chi connectivity index (χ0n) is 23.0. The molecular formula is C28H38FN5O5. The molecule has 4 aliphatic heterocycles. The van der Waals surface area contributed by atoms with Crippen molar-refractivity contribution in [3.8, 4) is 0 Å². The predicted octanol–water partition coefficient (Wildman–Crippen LogP) is 2.36. The predicted molar refractivity (Wildman–Crippen MR) is 142 cm³/mol. The second-order valence-corrected chi connectivity index (χ2v) is 12.0. The Labute approximate surface area is 228 Å². The van der Waals surface area contributed by atoms with Gasteiger partial charge in [-0.05, 0) is 58.1 Å². The van der Waals surface area contributed by atoms with Crippen molar-refractivity contribution in [2.45, 2.75) is 64.6 Å². The van der Waals surface area contributed by atoms with Crippen LogP contribution >= 0.6 is 0 Å². The fourth-order valence-electron chi connectivity index (χ4n) is 6.00. The summed E-state index contributed by atoms with van der Waals surface area (Å²) in [6, 6.07) is 2.57. The highest BCUT2D eigenvalue weighted by atomic mass is 19.1. The summed E-state index contributed by atoms with van der Waals surface area (Å²) in [6.07, 6.45) is 2.05. The number of nitrogens with one attached hydrogen (secondary N) is 1. The maximum Gasteiger partial charge on any atom is 0.410 e. The number of ether oxygens (including phenoxy) is 1. The van der Waals surface area contributed by atoms with Crippen molar-refractivity contribution < 1.29 is 28.3 Å². The fraction of sp³-hybridized carbons (Fsp3) is 0.643. The van der Waals surface area contributed by atoms with Crippen molar-refractivity contribution in [1.82, 2.24) is 20.0 Å². The zero-order chi connectivity index (χ0) is 27.9. The minimum absolute atomic E-state index is 0.0298. The van der Waals surface area contributed by atoms with Crippen molar-refractivity contribution in [3.05, 3.63) is 29.1 Å². The Balaban J connectivity index is 1.13. The van der Waals surface area contributed by atoms with E-state index in [4.69, 9.17) is 4.74 Å². The van der Waals surface area contributed by atoms with Crippen molar-refractivity contribution in [2.75, 3.05) is 50.7 Å². The highest BCUT2D eigenvalue weighted by molar-refractivity contribution is 6.05. The number of fused-ring (bicyclic) bond motifs is 1. The van der Waals surface area contributed by atoms with Gasteiger partial charge in [-0.1, -0.05) is 0 Å². The SMILES string of the molecule is CC(C)(C)OC(=O)N1CCC(CN2CCN(c3ccc4c(c3F)CN(C3CCC(=O)NC3=O)C4=O)CC2)CC1. The molecule has 39 heavy (non-hydrogen) atoms. The van der Waals surface area contributed by atoms with Crippen molar-refractivity contribution >= 4 is 29.5 Å². The average Bonchev–Trinajstić information content (AvgIpc) is 3.21. The Bertz CT molecular complexity index is 1150. The molecular weight excluding hydrogens is 505 g/mol. The number of benzene rings is 1. The van der Waals surface area contributed by atoms with Gasteiger partial charge in [-0.25, -0.2) is 9.18 Å². The number of piperidine rings is 2. The van der Waals surface area contributed by atoms with Crippen LogP contribution in [-0.4, -0.2) is 96.0 Å². The van der Waals surface area contributed by atoms with Crippen LogP contribution in [0.2, 0.25) is 0 Å². The van der Waals surface area contributed by atoms with E-state index in [1.165, 1.54) is 4.90 Å². The first-order valence-electron chi connectivity index (χ1n) is 13.9. The van der Waals surface area contributed by atoms with Gasteiger partial charge in [0.15, 0.2) is 5.82 Å². The number of carbonyl (C=O) groups excluding carboxylic acids is 4. The Morgan fingerprint density at radius 1 is 1.03 bits per heavy atom. The van der Waals surface area contributed by atoms with Crippen LogP contribution in [-0.2, 0) is 20.9 Å². The van der Waals surface area contributed by atoms with Gasteiger partial charge in [-0.2, -0.15) is 0 Å². The van der Waals surface area contributed by atoms with Gasteiger partial charge >= 0.3 is 6.09 Å². The lowest BCUT2D eigenvalue weighted by molar-refractivity contribution is -0.136. The van der Waals surface area contributed by atoms with E-state index in [9.17, 15) is 19.2 Å². The highest BCUT2D eigenvalue weighted by Crippen LogP contribution is 2.34. The van der Waals surface area contributed by atoms with Crippen LogP contribution in [0.25, 0.3) is 0 Å². The van der Waals surface area contributed by atoms with E-state index in [2.05, 4.69) is 10.2 Å². The topological polar surface area (TPSA) is 102 Å². The summed E-state index contributed by atoms with van der Waals surface area (Å²) < 4.78 is 21.2. The largest absolute Gasteiger partial charge is 0.444 e. The number of halogens is 1. The number of anilines is 1. The van der Waals surface area contributed by atoms with Crippen LogP contribution in [0.1, 0.15) is 62.4 Å². The molecule has 1 atom stereocenters. The van der Waals surface area contributed by atoms with Crippen LogP contribution < -0.4 is 10.2 Å². The number of imide groups is 1. The summed E-state index contributed by atoms with van der Waals surface area (Å²) in [5.74, 6) is -1.11. The quantitative estimate of drug-likeness (QED) is 0.582. The van der Waals surface area contributed by atoms with E-state index in [1.54, 1.807) is 17.0 Å². The molecule has 0 radical (unpaired) electrons. The van der Waals surface area contributed by atoms with E-state index >= 15 is 4.39 Å². The Morgan fingerprint density at radius 3 is 2.36 bits per heavy atom. The lowest BCUT2D eigenvalue weighted by Crippen LogP contribution is -2.52. The monoisotopic (exact) mass is 543 g/mol. The molecule has 5 rings (SSSR count). The minimum Gasteiger partial charge on any atom is -0.444 e. The van der Waals surface area contributed by atoms with Crippen molar-refractivity contribution in [3.63, 3.8) is 0 Å². The van der Waals surface area contributed by atoms with Gasteiger partial charge < -0.3 is 19.4 Å². The first-order valence-corrected chi connectivity index (χ1v) is 13.9. The molecule has 1 unspecified atom stereocenters. The molecule has 4 aliphatic rings. The van der Waals surface area contributed by atoms with E-state index in [0.29, 0.717) is 43.3 Å². The second kappa shape index (κ2) is 10.7. The van der Waals surface area contributed by atoms with Gasteiger partial charge in [0.25, 0.3) is 5.91 Å². The summed E-state index contributed by atoms with van der Waals surface area (Å²) in [7, 11) is 0. The molecule has 1 aromatic carbocycles. The number of carbonyl (C=O) groups is 4. The molecule has 4 amide bonds. The molecule has 3 fully saturated rings. The first-order chi connectivity index (χ1) is 18.5.